The van der Waals surface area contributed by atoms with Crippen molar-refractivity contribution in [3.8, 4) is 0 Å². The fourth-order valence-corrected chi connectivity index (χ4v) is 7.91. The zero-order chi connectivity index (χ0) is 45.1. The van der Waals surface area contributed by atoms with Gasteiger partial charge >= 0.3 is 5.97 Å². The molecule has 0 saturated heterocycles. The molecule has 62 heavy (non-hydrogen) atoms. The van der Waals surface area contributed by atoms with Crippen molar-refractivity contribution in [2.24, 2.45) is 0 Å². The van der Waals surface area contributed by atoms with Gasteiger partial charge in [-0.2, -0.15) is 0 Å². The van der Waals surface area contributed by atoms with Gasteiger partial charge in [-0.25, -0.2) is 0 Å². The third-order valence-corrected chi connectivity index (χ3v) is 12.1. The number of carbonyl (C=O) groups excluding carboxylic acids is 2. The first kappa shape index (κ1) is 59.8. The summed E-state index contributed by atoms with van der Waals surface area (Å²) in [5.41, 5.74) is 0. The maximum absolute atomic E-state index is 12.4. The highest BCUT2D eigenvalue weighted by molar-refractivity contribution is 5.76. The lowest BCUT2D eigenvalue weighted by Crippen LogP contribution is -2.45. The molecule has 0 rings (SSSR count). The molecule has 6 heteroatoms. The minimum atomic E-state index is -0.860. The van der Waals surface area contributed by atoms with E-state index in [2.05, 4.69) is 55.6 Å². The quantitative estimate of drug-likeness (QED) is 0.0245. The number of aliphatic hydroxyl groups is 2. The van der Waals surface area contributed by atoms with Gasteiger partial charge in [-0.1, -0.05) is 217 Å². The topological polar surface area (TPSA) is 95.9 Å². The maximum atomic E-state index is 12.4. The first-order chi connectivity index (χ1) is 30.5. The second-order valence-corrected chi connectivity index (χ2v) is 18.2. The number of ether oxygens (including phenoxy) is 1. The highest BCUT2D eigenvalue weighted by Crippen LogP contribution is 2.15. The molecule has 2 atom stereocenters. The number of rotatable bonds is 49. The van der Waals surface area contributed by atoms with Crippen molar-refractivity contribution in [1.29, 1.82) is 0 Å². The lowest BCUT2D eigenvalue weighted by molar-refractivity contribution is -0.143. The molecule has 0 saturated carbocycles. The van der Waals surface area contributed by atoms with Crippen LogP contribution in [0.25, 0.3) is 0 Å². The van der Waals surface area contributed by atoms with Gasteiger partial charge in [0.2, 0.25) is 5.91 Å². The summed E-state index contributed by atoms with van der Waals surface area (Å²) in [6.45, 7) is 4.82. The number of allylic oxidation sites excluding steroid dienone is 7. The summed E-state index contributed by atoms with van der Waals surface area (Å²) < 4.78 is 5.43. The number of aliphatic hydroxyl groups excluding tert-OH is 2. The number of hydrogen-bond acceptors (Lipinski definition) is 5. The number of unbranched alkanes of at least 4 members (excludes halogenated alkanes) is 33. The number of hydrogen-bond donors (Lipinski definition) is 3. The highest BCUT2D eigenvalue weighted by Gasteiger charge is 2.18. The van der Waals surface area contributed by atoms with Crippen LogP contribution in [0.3, 0.4) is 0 Å². The molecule has 0 spiro atoms. The molecule has 1 amide bonds. The zero-order valence-electron chi connectivity index (χ0n) is 41.1. The molecule has 0 bridgehead atoms. The highest BCUT2D eigenvalue weighted by atomic mass is 16.5. The van der Waals surface area contributed by atoms with Crippen LogP contribution in [0, 0.1) is 0 Å². The van der Waals surface area contributed by atoms with Gasteiger partial charge in [0.1, 0.15) is 0 Å². The van der Waals surface area contributed by atoms with E-state index in [1.807, 2.05) is 6.08 Å². The molecular weight excluding hydrogens is 767 g/mol. The second-order valence-electron chi connectivity index (χ2n) is 18.2. The Labute approximate surface area is 385 Å². The average Bonchev–Trinajstić information content (AvgIpc) is 3.27. The fraction of sp³-hybridized carbons (Fsp3) is 0.821. The number of carbonyl (C=O) groups is 2. The molecule has 0 aromatic heterocycles. The maximum Gasteiger partial charge on any atom is 0.305 e. The van der Waals surface area contributed by atoms with Crippen molar-refractivity contribution >= 4 is 11.9 Å². The van der Waals surface area contributed by atoms with E-state index in [9.17, 15) is 19.8 Å². The summed E-state index contributed by atoms with van der Waals surface area (Å²) in [5, 5.41) is 23.1. The first-order valence-electron chi connectivity index (χ1n) is 26.9. The van der Waals surface area contributed by atoms with Gasteiger partial charge in [0.05, 0.1) is 25.4 Å². The Balaban J connectivity index is 3.57. The standard InChI is InChI=1S/C56H103NO5/c1-3-5-7-9-11-13-15-17-18-19-21-25-28-32-36-40-44-48-54(59)53(52-58)57-55(60)49-45-41-37-33-29-26-22-20-23-27-31-35-39-43-47-51-62-56(61)50-46-42-38-34-30-24-16-14-12-10-8-6-4-2/h14,16,20,23,27,31,44,48,53-54,58-59H,3-13,15,17-19,21-22,24-26,28-30,32-43,45-47,49-52H2,1-2H3,(H,57,60)/b16-14-,23-20-,31-27-,48-44+. The third kappa shape index (κ3) is 47.3. The van der Waals surface area contributed by atoms with Crippen molar-refractivity contribution in [2.75, 3.05) is 13.2 Å². The van der Waals surface area contributed by atoms with E-state index in [0.29, 0.717) is 19.4 Å². The van der Waals surface area contributed by atoms with Crippen molar-refractivity contribution in [1.82, 2.24) is 5.32 Å². The van der Waals surface area contributed by atoms with Crippen LogP contribution in [-0.2, 0) is 14.3 Å². The summed E-state index contributed by atoms with van der Waals surface area (Å²) in [7, 11) is 0. The molecule has 6 nitrogen and oxygen atoms in total. The summed E-state index contributed by atoms with van der Waals surface area (Å²) in [6.07, 6.45) is 64.0. The van der Waals surface area contributed by atoms with E-state index in [0.717, 1.165) is 77.0 Å². The van der Waals surface area contributed by atoms with E-state index in [1.54, 1.807) is 6.08 Å². The molecule has 0 aliphatic heterocycles. The Kier molecular flexibility index (Phi) is 49.6. The molecule has 362 valence electrons. The summed E-state index contributed by atoms with van der Waals surface area (Å²) in [4.78, 5) is 24.4. The molecule has 3 N–H and O–H groups in total. The summed E-state index contributed by atoms with van der Waals surface area (Å²) in [6, 6.07) is -0.645. The SMILES string of the molecule is CCCCCC/C=C\CCCCCCCC(=O)OCCCCC/C=C\C=C/CCCCCCCCC(=O)NC(CO)C(O)/C=C/CCCCCCCCCCCCCCCCC. The van der Waals surface area contributed by atoms with Crippen molar-refractivity contribution < 1.29 is 24.5 Å². The van der Waals surface area contributed by atoms with Gasteiger partial charge in [0.15, 0.2) is 0 Å². The minimum absolute atomic E-state index is 0.0328. The van der Waals surface area contributed by atoms with Gasteiger partial charge in [-0.3, -0.25) is 9.59 Å². The van der Waals surface area contributed by atoms with Crippen molar-refractivity contribution in [3.05, 3.63) is 48.6 Å². The van der Waals surface area contributed by atoms with Crippen LogP contribution in [0.1, 0.15) is 271 Å². The van der Waals surface area contributed by atoms with Crippen LogP contribution in [-0.4, -0.2) is 47.4 Å². The Morgan fingerprint density at radius 3 is 1.26 bits per heavy atom. The molecular formula is C56H103NO5. The van der Waals surface area contributed by atoms with E-state index >= 15 is 0 Å². The van der Waals surface area contributed by atoms with Crippen LogP contribution >= 0.6 is 0 Å². The van der Waals surface area contributed by atoms with Gasteiger partial charge in [0, 0.05) is 12.8 Å². The molecule has 0 aliphatic rings. The first-order valence-corrected chi connectivity index (χ1v) is 26.9. The molecule has 2 unspecified atom stereocenters. The minimum Gasteiger partial charge on any atom is -0.466 e. The zero-order valence-corrected chi connectivity index (χ0v) is 41.1. The fourth-order valence-electron chi connectivity index (χ4n) is 7.91. The Bertz CT molecular complexity index is 1050. The van der Waals surface area contributed by atoms with Crippen LogP contribution < -0.4 is 5.32 Å². The predicted molar refractivity (Wildman–Crippen MR) is 269 cm³/mol. The van der Waals surface area contributed by atoms with Crippen molar-refractivity contribution in [2.45, 2.75) is 283 Å². The molecule has 0 heterocycles. The largest absolute Gasteiger partial charge is 0.466 e. The number of esters is 1. The molecule has 0 aromatic rings. The predicted octanol–water partition coefficient (Wildman–Crippen LogP) is 16.2. The van der Waals surface area contributed by atoms with Crippen LogP contribution in [0.5, 0.6) is 0 Å². The van der Waals surface area contributed by atoms with Gasteiger partial charge in [-0.05, 0) is 89.9 Å². The van der Waals surface area contributed by atoms with E-state index < -0.39 is 12.1 Å². The second kappa shape index (κ2) is 51.5. The lowest BCUT2D eigenvalue weighted by Gasteiger charge is -2.20. The Morgan fingerprint density at radius 1 is 0.452 bits per heavy atom. The van der Waals surface area contributed by atoms with Crippen LogP contribution in [0.15, 0.2) is 48.6 Å². The lowest BCUT2D eigenvalue weighted by atomic mass is 10.0. The van der Waals surface area contributed by atoms with Gasteiger partial charge in [-0.15, -0.1) is 0 Å². The van der Waals surface area contributed by atoms with E-state index in [-0.39, 0.29) is 18.5 Å². The van der Waals surface area contributed by atoms with Crippen LogP contribution in [0.4, 0.5) is 0 Å². The summed E-state index contributed by atoms with van der Waals surface area (Å²) in [5.74, 6) is -0.124. The van der Waals surface area contributed by atoms with Gasteiger partial charge < -0.3 is 20.3 Å². The summed E-state index contributed by atoms with van der Waals surface area (Å²) >= 11 is 0. The molecule has 0 aliphatic carbocycles. The monoisotopic (exact) mass is 870 g/mol. The smallest absolute Gasteiger partial charge is 0.305 e. The number of amides is 1. The van der Waals surface area contributed by atoms with Crippen LogP contribution in [0.2, 0.25) is 0 Å². The molecule has 0 radical (unpaired) electrons. The van der Waals surface area contributed by atoms with E-state index in [4.69, 9.17) is 4.74 Å². The Morgan fingerprint density at radius 2 is 0.806 bits per heavy atom. The average molecular weight is 870 g/mol. The normalized spacial score (nSPS) is 13.0. The third-order valence-electron chi connectivity index (χ3n) is 12.1. The van der Waals surface area contributed by atoms with Gasteiger partial charge in [0.25, 0.3) is 0 Å². The Hall–Kier alpha value is -2.18. The van der Waals surface area contributed by atoms with Crippen molar-refractivity contribution in [3.63, 3.8) is 0 Å². The number of nitrogens with one attached hydrogen (secondary N) is 1. The molecule has 0 aromatic carbocycles. The van der Waals surface area contributed by atoms with E-state index in [1.165, 1.54) is 167 Å². The molecule has 0 fully saturated rings.